The average Bonchev–Trinajstić information content (AvgIpc) is 2.49. The SMILES string of the molecule is CCOc1ccc(Br)cc1S(=O)(=O)N1CCCCC1CC. The van der Waals surface area contributed by atoms with Crippen molar-refractivity contribution >= 4 is 26.0 Å². The molecule has 0 N–H and O–H groups in total. The van der Waals surface area contributed by atoms with Gasteiger partial charge in [-0.2, -0.15) is 4.31 Å². The van der Waals surface area contributed by atoms with Crippen LogP contribution in [0.3, 0.4) is 0 Å². The van der Waals surface area contributed by atoms with E-state index < -0.39 is 10.0 Å². The second-order valence-corrected chi connectivity index (χ2v) is 7.97. The van der Waals surface area contributed by atoms with E-state index in [4.69, 9.17) is 4.74 Å². The van der Waals surface area contributed by atoms with Gasteiger partial charge >= 0.3 is 0 Å². The molecule has 0 spiro atoms. The van der Waals surface area contributed by atoms with Crippen LogP contribution in [0.1, 0.15) is 39.5 Å². The number of ether oxygens (including phenoxy) is 1. The molecule has 1 unspecified atom stereocenters. The largest absolute Gasteiger partial charge is 0.492 e. The minimum Gasteiger partial charge on any atom is -0.492 e. The van der Waals surface area contributed by atoms with Crippen molar-refractivity contribution in [2.75, 3.05) is 13.2 Å². The van der Waals surface area contributed by atoms with Gasteiger partial charge in [-0.3, -0.25) is 0 Å². The van der Waals surface area contributed by atoms with Gasteiger partial charge < -0.3 is 4.74 Å². The summed E-state index contributed by atoms with van der Waals surface area (Å²) < 4.78 is 34.0. The van der Waals surface area contributed by atoms with Gasteiger partial charge in [-0.05, 0) is 44.4 Å². The van der Waals surface area contributed by atoms with Crippen molar-refractivity contribution in [1.82, 2.24) is 4.31 Å². The molecular formula is C15H22BrNO3S. The molecule has 1 atom stereocenters. The lowest BCUT2D eigenvalue weighted by Gasteiger charge is -2.34. The van der Waals surface area contributed by atoms with Crippen molar-refractivity contribution in [3.63, 3.8) is 0 Å². The van der Waals surface area contributed by atoms with E-state index in [-0.39, 0.29) is 10.9 Å². The maximum atomic E-state index is 13.0. The molecule has 0 bridgehead atoms. The van der Waals surface area contributed by atoms with Crippen LogP contribution in [0.5, 0.6) is 5.75 Å². The Labute approximate surface area is 135 Å². The fourth-order valence-electron chi connectivity index (χ4n) is 2.78. The van der Waals surface area contributed by atoms with Gasteiger partial charge in [-0.1, -0.05) is 29.3 Å². The van der Waals surface area contributed by atoms with E-state index >= 15 is 0 Å². The summed E-state index contributed by atoms with van der Waals surface area (Å²) in [6, 6.07) is 5.25. The molecule has 1 aromatic rings. The molecule has 4 nitrogen and oxygen atoms in total. The van der Waals surface area contributed by atoms with Crippen molar-refractivity contribution in [3.8, 4) is 5.75 Å². The highest BCUT2D eigenvalue weighted by Gasteiger charge is 2.34. The first-order chi connectivity index (χ1) is 10.0. The zero-order chi connectivity index (χ0) is 15.5. The fourth-order valence-corrected chi connectivity index (χ4v) is 5.22. The van der Waals surface area contributed by atoms with E-state index in [1.807, 2.05) is 13.8 Å². The average molecular weight is 376 g/mol. The van der Waals surface area contributed by atoms with Crippen LogP contribution in [0, 0.1) is 0 Å². The second-order valence-electron chi connectivity index (χ2n) is 5.20. The molecule has 1 aliphatic rings. The van der Waals surface area contributed by atoms with Gasteiger partial charge in [-0.25, -0.2) is 8.42 Å². The summed E-state index contributed by atoms with van der Waals surface area (Å²) in [5.41, 5.74) is 0. The molecule has 2 rings (SSSR count). The van der Waals surface area contributed by atoms with Gasteiger partial charge in [0.1, 0.15) is 10.6 Å². The van der Waals surface area contributed by atoms with E-state index in [9.17, 15) is 8.42 Å². The molecule has 0 aromatic heterocycles. The number of nitrogens with zero attached hydrogens (tertiary/aromatic N) is 1. The van der Waals surface area contributed by atoms with Crippen LogP contribution in [0.15, 0.2) is 27.6 Å². The van der Waals surface area contributed by atoms with Crippen LogP contribution in [0.25, 0.3) is 0 Å². The third kappa shape index (κ3) is 3.60. The van der Waals surface area contributed by atoms with Crippen molar-refractivity contribution in [2.24, 2.45) is 0 Å². The van der Waals surface area contributed by atoms with Gasteiger partial charge in [0.2, 0.25) is 10.0 Å². The standard InChI is InChI=1S/C15H22BrNO3S/c1-3-13-7-5-6-10-17(13)21(18,19)15-11-12(16)8-9-14(15)20-4-2/h8-9,11,13H,3-7,10H2,1-2H3. The Morgan fingerprint density at radius 3 is 2.76 bits per heavy atom. The summed E-state index contributed by atoms with van der Waals surface area (Å²) >= 11 is 3.36. The Balaban J connectivity index is 2.45. The van der Waals surface area contributed by atoms with Crippen molar-refractivity contribution in [1.29, 1.82) is 0 Å². The van der Waals surface area contributed by atoms with Crippen LogP contribution >= 0.6 is 15.9 Å². The minimum atomic E-state index is -3.52. The van der Waals surface area contributed by atoms with Crippen LogP contribution in [0.4, 0.5) is 0 Å². The second kappa shape index (κ2) is 7.11. The fraction of sp³-hybridized carbons (Fsp3) is 0.600. The van der Waals surface area contributed by atoms with Crippen LogP contribution in [-0.2, 0) is 10.0 Å². The number of halogens is 1. The Bertz CT molecular complexity index is 589. The summed E-state index contributed by atoms with van der Waals surface area (Å²) in [7, 11) is -3.52. The molecular weight excluding hydrogens is 354 g/mol. The smallest absolute Gasteiger partial charge is 0.247 e. The topological polar surface area (TPSA) is 46.6 Å². The number of benzene rings is 1. The lowest BCUT2D eigenvalue weighted by atomic mass is 10.0. The van der Waals surface area contributed by atoms with E-state index in [1.54, 1.807) is 22.5 Å². The minimum absolute atomic E-state index is 0.0946. The van der Waals surface area contributed by atoms with E-state index in [0.29, 0.717) is 18.9 Å². The van der Waals surface area contributed by atoms with E-state index in [1.165, 1.54) is 0 Å². The zero-order valence-electron chi connectivity index (χ0n) is 12.5. The van der Waals surface area contributed by atoms with Gasteiger partial charge in [0, 0.05) is 17.1 Å². The first-order valence-electron chi connectivity index (χ1n) is 7.44. The molecule has 1 fully saturated rings. The molecule has 1 saturated heterocycles. The van der Waals surface area contributed by atoms with Crippen LogP contribution < -0.4 is 4.74 Å². The molecule has 0 amide bonds. The molecule has 6 heteroatoms. The van der Waals surface area contributed by atoms with Gasteiger partial charge in [0.15, 0.2) is 0 Å². The van der Waals surface area contributed by atoms with Gasteiger partial charge in [0.25, 0.3) is 0 Å². The first-order valence-corrected chi connectivity index (χ1v) is 9.68. The molecule has 118 valence electrons. The maximum absolute atomic E-state index is 13.0. The summed E-state index contributed by atoms with van der Waals surface area (Å²) in [4.78, 5) is 0.263. The summed E-state index contributed by atoms with van der Waals surface area (Å²) in [6.45, 7) is 4.94. The number of hydrogen-bond donors (Lipinski definition) is 0. The molecule has 1 heterocycles. The van der Waals surface area contributed by atoms with Crippen molar-refractivity contribution < 1.29 is 13.2 Å². The highest BCUT2D eigenvalue weighted by atomic mass is 79.9. The summed E-state index contributed by atoms with van der Waals surface area (Å²) in [5, 5.41) is 0. The Kier molecular flexibility index (Phi) is 5.68. The third-order valence-electron chi connectivity index (χ3n) is 3.84. The van der Waals surface area contributed by atoms with Gasteiger partial charge in [-0.15, -0.1) is 0 Å². The Morgan fingerprint density at radius 1 is 1.33 bits per heavy atom. The molecule has 0 aliphatic carbocycles. The maximum Gasteiger partial charge on any atom is 0.247 e. The molecule has 1 aliphatic heterocycles. The van der Waals surface area contributed by atoms with E-state index in [2.05, 4.69) is 15.9 Å². The van der Waals surface area contributed by atoms with Crippen LogP contribution in [0.2, 0.25) is 0 Å². The predicted molar refractivity (Wildman–Crippen MR) is 87.1 cm³/mol. The molecule has 0 radical (unpaired) electrons. The Hall–Kier alpha value is -0.590. The lowest BCUT2D eigenvalue weighted by Crippen LogP contribution is -2.43. The normalized spacial score (nSPS) is 20.4. The zero-order valence-corrected chi connectivity index (χ0v) is 14.9. The van der Waals surface area contributed by atoms with Crippen molar-refractivity contribution in [2.45, 2.75) is 50.5 Å². The molecule has 1 aromatic carbocycles. The summed E-state index contributed by atoms with van der Waals surface area (Å²) in [6.07, 6.45) is 3.81. The Morgan fingerprint density at radius 2 is 2.10 bits per heavy atom. The lowest BCUT2D eigenvalue weighted by molar-refractivity contribution is 0.245. The third-order valence-corrected chi connectivity index (χ3v) is 6.30. The quantitative estimate of drug-likeness (QED) is 0.785. The van der Waals surface area contributed by atoms with Crippen LogP contribution in [-0.4, -0.2) is 31.9 Å². The van der Waals surface area contributed by atoms with E-state index in [0.717, 1.165) is 30.2 Å². The number of piperidine rings is 1. The van der Waals surface area contributed by atoms with Crippen molar-refractivity contribution in [3.05, 3.63) is 22.7 Å². The highest BCUT2D eigenvalue weighted by Crippen LogP contribution is 2.33. The summed E-state index contributed by atoms with van der Waals surface area (Å²) in [5.74, 6) is 0.432. The first kappa shape index (κ1) is 16.8. The molecule has 21 heavy (non-hydrogen) atoms. The number of hydrogen-bond acceptors (Lipinski definition) is 3. The number of rotatable bonds is 5. The van der Waals surface area contributed by atoms with Gasteiger partial charge in [0.05, 0.1) is 6.61 Å². The highest BCUT2D eigenvalue weighted by molar-refractivity contribution is 9.10. The predicted octanol–water partition coefficient (Wildman–Crippen LogP) is 3.80. The molecule has 0 saturated carbocycles. The monoisotopic (exact) mass is 375 g/mol. The number of sulfonamides is 1.